The second-order valence-corrected chi connectivity index (χ2v) is 7.67. The number of carbonyl (C=O) groups excluding carboxylic acids is 4. The average Bonchev–Trinajstić information content (AvgIpc) is 3.10. The lowest BCUT2D eigenvalue weighted by molar-refractivity contribution is -0.149. The van der Waals surface area contributed by atoms with Crippen LogP contribution in [0, 0.1) is 0 Å². The molecule has 35 heavy (non-hydrogen) atoms. The van der Waals surface area contributed by atoms with Crippen molar-refractivity contribution in [2.45, 2.75) is 18.9 Å². The number of carbonyl (C=O) groups is 4. The Morgan fingerprint density at radius 2 is 1.66 bits per heavy atom. The molecule has 190 valence electrons. The molecule has 12 nitrogen and oxygen atoms in total. The van der Waals surface area contributed by atoms with E-state index in [9.17, 15) is 19.2 Å². The summed E-state index contributed by atoms with van der Waals surface area (Å²) in [7, 11) is 0. The van der Waals surface area contributed by atoms with Crippen molar-refractivity contribution in [1.29, 1.82) is 0 Å². The van der Waals surface area contributed by atoms with Gasteiger partial charge in [0, 0.05) is 30.8 Å². The van der Waals surface area contributed by atoms with E-state index in [2.05, 4.69) is 10.6 Å². The maximum absolute atomic E-state index is 12.8. The summed E-state index contributed by atoms with van der Waals surface area (Å²) in [6.07, 6.45) is 1.31. The summed E-state index contributed by atoms with van der Waals surface area (Å²) in [4.78, 5) is 49.4. The van der Waals surface area contributed by atoms with Gasteiger partial charge in [-0.3, -0.25) is 29.4 Å². The van der Waals surface area contributed by atoms with Crippen LogP contribution in [-0.2, 0) is 33.4 Å². The first kappa shape index (κ1) is 26.3. The van der Waals surface area contributed by atoms with E-state index in [-0.39, 0.29) is 18.5 Å². The van der Waals surface area contributed by atoms with Crippen LogP contribution in [0.25, 0.3) is 0 Å². The third-order valence-corrected chi connectivity index (χ3v) is 5.09. The van der Waals surface area contributed by atoms with Gasteiger partial charge < -0.3 is 30.0 Å². The summed E-state index contributed by atoms with van der Waals surface area (Å²) < 4.78 is 21.7. The Hall–Kier alpha value is -3.32. The summed E-state index contributed by atoms with van der Waals surface area (Å²) >= 11 is 0. The van der Waals surface area contributed by atoms with E-state index in [4.69, 9.17) is 24.7 Å². The van der Waals surface area contributed by atoms with Crippen molar-refractivity contribution in [3.8, 4) is 5.75 Å². The van der Waals surface area contributed by atoms with Gasteiger partial charge in [-0.1, -0.05) is 6.07 Å². The molecule has 1 unspecified atom stereocenters. The molecule has 4 N–H and O–H groups in total. The maximum atomic E-state index is 12.8. The summed E-state index contributed by atoms with van der Waals surface area (Å²) in [6, 6.07) is 5.87. The number of ether oxygens (including phenoxy) is 4. The van der Waals surface area contributed by atoms with Gasteiger partial charge in [-0.2, -0.15) is 0 Å². The number of nitrogens with two attached hydrogens (primary N) is 1. The quantitative estimate of drug-likeness (QED) is 0.217. The molecule has 2 heterocycles. The van der Waals surface area contributed by atoms with Gasteiger partial charge in [0.25, 0.3) is 11.8 Å². The van der Waals surface area contributed by atoms with E-state index in [1.165, 1.54) is 0 Å². The molecule has 1 fully saturated rings. The van der Waals surface area contributed by atoms with Crippen molar-refractivity contribution in [3.63, 3.8) is 0 Å². The highest BCUT2D eigenvalue weighted by atomic mass is 16.6. The normalized spacial score (nSPS) is 18.0. The highest BCUT2D eigenvalue weighted by Crippen LogP contribution is 2.24. The lowest BCUT2D eigenvalue weighted by Gasteiger charge is -2.28. The molecule has 0 radical (unpaired) electrons. The predicted octanol–water partition coefficient (Wildman–Crippen LogP) is -0.456. The fourth-order valence-electron chi connectivity index (χ4n) is 3.46. The molecule has 12 heteroatoms. The van der Waals surface area contributed by atoms with Crippen LogP contribution < -0.4 is 21.1 Å². The molecule has 0 bridgehead atoms. The van der Waals surface area contributed by atoms with Crippen molar-refractivity contribution >= 4 is 29.3 Å². The lowest BCUT2D eigenvalue weighted by Crippen LogP contribution is -2.54. The molecule has 4 amide bonds. The van der Waals surface area contributed by atoms with Crippen LogP contribution >= 0.6 is 0 Å². The smallest absolute Gasteiger partial charge is 0.278 e. The third kappa shape index (κ3) is 7.86. The standard InChI is InChI=1S/C23H30N4O8/c24-6-7-32-8-9-33-10-11-34-12-13-35-17-3-1-2-16(14-17)25-18-15-21(29)27(23(18)31)19-4-5-20(28)26-22(19)30/h1-3,14-15,19,25H,4-13,24H2,(H,26,28,30). The topological polar surface area (TPSA) is 159 Å². The van der Waals surface area contributed by atoms with E-state index < -0.39 is 29.7 Å². The molecule has 0 spiro atoms. The molecule has 2 aliphatic heterocycles. The highest BCUT2D eigenvalue weighted by Gasteiger charge is 2.42. The van der Waals surface area contributed by atoms with Gasteiger partial charge in [-0.05, 0) is 18.6 Å². The van der Waals surface area contributed by atoms with Gasteiger partial charge >= 0.3 is 0 Å². The van der Waals surface area contributed by atoms with Crippen LogP contribution in [0.15, 0.2) is 36.0 Å². The Morgan fingerprint density at radius 1 is 0.971 bits per heavy atom. The van der Waals surface area contributed by atoms with Crippen LogP contribution in [-0.4, -0.2) is 87.4 Å². The summed E-state index contributed by atoms with van der Waals surface area (Å²) in [5, 5.41) is 5.06. The van der Waals surface area contributed by atoms with E-state index in [1.54, 1.807) is 24.3 Å². The predicted molar refractivity (Wildman–Crippen MR) is 123 cm³/mol. The minimum absolute atomic E-state index is 0.0358. The number of hydrogen-bond acceptors (Lipinski definition) is 10. The second kappa shape index (κ2) is 13.5. The fraction of sp³-hybridized carbons (Fsp3) is 0.478. The maximum Gasteiger partial charge on any atom is 0.278 e. The molecule has 0 saturated carbocycles. The largest absolute Gasteiger partial charge is 0.491 e. The zero-order valence-electron chi connectivity index (χ0n) is 19.3. The van der Waals surface area contributed by atoms with Crippen LogP contribution in [0.1, 0.15) is 12.8 Å². The molecule has 2 aliphatic rings. The highest BCUT2D eigenvalue weighted by molar-refractivity contribution is 6.20. The van der Waals surface area contributed by atoms with Crippen LogP contribution in [0.3, 0.4) is 0 Å². The van der Waals surface area contributed by atoms with Crippen molar-refractivity contribution in [2.75, 3.05) is 58.1 Å². The number of imide groups is 2. The zero-order valence-corrected chi connectivity index (χ0v) is 19.3. The molecule has 0 aliphatic carbocycles. The van der Waals surface area contributed by atoms with Gasteiger partial charge in [0.15, 0.2) is 0 Å². The Balaban J connectivity index is 1.39. The first-order chi connectivity index (χ1) is 17.0. The second-order valence-electron chi connectivity index (χ2n) is 7.67. The molecule has 1 aromatic rings. The van der Waals surface area contributed by atoms with Gasteiger partial charge in [-0.15, -0.1) is 0 Å². The minimum atomic E-state index is -1.01. The lowest BCUT2D eigenvalue weighted by atomic mass is 10.0. The molecular weight excluding hydrogens is 460 g/mol. The minimum Gasteiger partial charge on any atom is -0.491 e. The number of benzene rings is 1. The number of nitrogens with zero attached hydrogens (tertiary/aromatic N) is 1. The summed E-state index contributed by atoms with van der Waals surface area (Å²) in [5.74, 6) is -1.76. The Morgan fingerprint density at radius 3 is 2.34 bits per heavy atom. The summed E-state index contributed by atoms with van der Waals surface area (Å²) in [5.41, 5.74) is 5.89. The zero-order chi connectivity index (χ0) is 25.0. The van der Waals surface area contributed by atoms with Crippen LogP contribution in [0.2, 0.25) is 0 Å². The van der Waals surface area contributed by atoms with Gasteiger partial charge in [0.05, 0.1) is 39.6 Å². The van der Waals surface area contributed by atoms with Crippen molar-refractivity contribution in [2.24, 2.45) is 5.73 Å². The van der Waals surface area contributed by atoms with E-state index in [0.29, 0.717) is 64.2 Å². The van der Waals surface area contributed by atoms with E-state index in [0.717, 1.165) is 11.0 Å². The first-order valence-corrected chi connectivity index (χ1v) is 11.4. The molecule has 1 aromatic carbocycles. The number of nitrogens with one attached hydrogen (secondary N) is 2. The third-order valence-electron chi connectivity index (χ3n) is 5.09. The molecule has 3 rings (SSSR count). The number of rotatable bonds is 15. The number of piperidine rings is 1. The molecule has 0 aromatic heterocycles. The van der Waals surface area contributed by atoms with Crippen molar-refractivity contribution in [1.82, 2.24) is 10.2 Å². The molecular formula is C23H30N4O8. The Labute approximate surface area is 202 Å². The fourth-order valence-corrected chi connectivity index (χ4v) is 3.46. The van der Waals surface area contributed by atoms with E-state index in [1.807, 2.05) is 0 Å². The monoisotopic (exact) mass is 490 g/mol. The SMILES string of the molecule is NCCOCCOCCOCCOc1cccc(NC2=CC(=O)N(C3CCC(=O)NC3=O)C2=O)c1. The van der Waals surface area contributed by atoms with Gasteiger partial charge in [0.2, 0.25) is 11.8 Å². The van der Waals surface area contributed by atoms with Crippen LogP contribution in [0.5, 0.6) is 5.75 Å². The molecule has 1 saturated heterocycles. The van der Waals surface area contributed by atoms with Gasteiger partial charge in [-0.25, -0.2) is 0 Å². The number of hydrogen-bond donors (Lipinski definition) is 3. The van der Waals surface area contributed by atoms with Gasteiger partial charge in [0.1, 0.15) is 24.1 Å². The summed E-state index contributed by atoms with van der Waals surface area (Å²) in [6.45, 7) is 3.53. The van der Waals surface area contributed by atoms with E-state index >= 15 is 0 Å². The first-order valence-electron chi connectivity index (χ1n) is 11.4. The molecule has 1 atom stereocenters. The average molecular weight is 491 g/mol. The van der Waals surface area contributed by atoms with Crippen molar-refractivity contribution in [3.05, 3.63) is 36.0 Å². The number of amides is 4. The Kier molecular flexibility index (Phi) is 10.2. The van der Waals surface area contributed by atoms with Crippen LogP contribution in [0.4, 0.5) is 5.69 Å². The van der Waals surface area contributed by atoms with Crippen molar-refractivity contribution < 1.29 is 38.1 Å². The Bertz CT molecular complexity index is 951. The number of anilines is 1.